The van der Waals surface area contributed by atoms with Gasteiger partial charge in [-0.25, -0.2) is 0 Å². The summed E-state index contributed by atoms with van der Waals surface area (Å²) in [6.07, 6.45) is 4.32. The van der Waals surface area contributed by atoms with E-state index in [0.717, 1.165) is 29.4 Å². The molecule has 15 heavy (non-hydrogen) atoms. The molecule has 2 rings (SSSR count). The minimum atomic E-state index is -0.668. The van der Waals surface area contributed by atoms with Crippen LogP contribution < -0.4 is 0 Å². The molecule has 0 saturated heterocycles. The van der Waals surface area contributed by atoms with Gasteiger partial charge in [0, 0.05) is 10.7 Å². The van der Waals surface area contributed by atoms with Crippen LogP contribution in [-0.4, -0.2) is 16.1 Å². The van der Waals surface area contributed by atoms with E-state index in [0.29, 0.717) is 0 Å². The standard InChI is InChI=1S/C11H12BrNO2/c12-9-2-1-5-13-10(9)6-7-3-4-8(7)11(14)15/h1-2,5,7-8H,3-4,6H2,(H,14,15). The zero-order valence-electron chi connectivity index (χ0n) is 8.19. The fraction of sp³-hybridized carbons (Fsp3) is 0.455. The van der Waals surface area contributed by atoms with Gasteiger partial charge in [0.2, 0.25) is 0 Å². The Labute approximate surface area is 96.7 Å². The summed E-state index contributed by atoms with van der Waals surface area (Å²) in [5, 5.41) is 8.92. The topological polar surface area (TPSA) is 50.2 Å². The van der Waals surface area contributed by atoms with E-state index in [1.807, 2.05) is 12.1 Å². The lowest BCUT2D eigenvalue weighted by Crippen LogP contribution is -2.34. The number of rotatable bonds is 3. The maximum absolute atomic E-state index is 10.8. The van der Waals surface area contributed by atoms with Crippen molar-refractivity contribution in [2.24, 2.45) is 11.8 Å². The van der Waals surface area contributed by atoms with Crippen molar-refractivity contribution in [3.05, 3.63) is 28.5 Å². The van der Waals surface area contributed by atoms with Crippen LogP contribution in [0, 0.1) is 11.8 Å². The first-order valence-corrected chi connectivity index (χ1v) is 5.80. The predicted octanol–water partition coefficient (Wildman–Crippen LogP) is 2.50. The molecule has 1 aliphatic rings. The lowest BCUT2D eigenvalue weighted by Gasteiger charge is -2.33. The molecule has 0 radical (unpaired) electrons. The Balaban J connectivity index is 2.04. The number of hydrogen-bond donors (Lipinski definition) is 1. The Kier molecular flexibility index (Phi) is 3.05. The number of aromatic nitrogens is 1. The first-order valence-electron chi connectivity index (χ1n) is 5.00. The molecule has 80 valence electrons. The first kappa shape index (κ1) is 10.6. The van der Waals surface area contributed by atoms with Crippen molar-refractivity contribution in [3.63, 3.8) is 0 Å². The van der Waals surface area contributed by atoms with E-state index in [2.05, 4.69) is 20.9 Å². The fourth-order valence-corrected chi connectivity index (χ4v) is 2.37. The molecule has 3 nitrogen and oxygen atoms in total. The van der Waals surface area contributed by atoms with E-state index in [4.69, 9.17) is 5.11 Å². The van der Waals surface area contributed by atoms with E-state index < -0.39 is 5.97 Å². The Bertz CT molecular complexity index is 381. The Morgan fingerprint density at radius 1 is 1.60 bits per heavy atom. The quantitative estimate of drug-likeness (QED) is 0.918. The van der Waals surface area contributed by atoms with Crippen molar-refractivity contribution in [2.75, 3.05) is 0 Å². The number of hydrogen-bond acceptors (Lipinski definition) is 2. The molecule has 0 aromatic carbocycles. The molecule has 1 aromatic rings. The van der Waals surface area contributed by atoms with Crippen molar-refractivity contribution in [1.82, 2.24) is 4.98 Å². The van der Waals surface area contributed by atoms with Crippen LogP contribution in [0.25, 0.3) is 0 Å². The number of carboxylic acid groups (broad SMARTS) is 1. The van der Waals surface area contributed by atoms with Crippen LogP contribution in [0.5, 0.6) is 0 Å². The van der Waals surface area contributed by atoms with Crippen molar-refractivity contribution < 1.29 is 9.90 Å². The maximum atomic E-state index is 10.8. The Hall–Kier alpha value is -0.900. The summed E-state index contributed by atoms with van der Waals surface area (Å²) in [6, 6.07) is 3.81. The molecule has 1 heterocycles. The molecule has 2 atom stereocenters. The van der Waals surface area contributed by atoms with Gasteiger partial charge in [-0.1, -0.05) is 0 Å². The molecule has 1 fully saturated rings. The van der Waals surface area contributed by atoms with Crippen molar-refractivity contribution in [2.45, 2.75) is 19.3 Å². The summed E-state index contributed by atoms with van der Waals surface area (Å²) in [7, 11) is 0. The monoisotopic (exact) mass is 269 g/mol. The third-order valence-electron chi connectivity index (χ3n) is 3.02. The summed E-state index contributed by atoms with van der Waals surface area (Å²) < 4.78 is 0.973. The highest BCUT2D eigenvalue weighted by Gasteiger charge is 2.36. The molecule has 2 unspecified atom stereocenters. The zero-order chi connectivity index (χ0) is 10.8. The second-order valence-electron chi connectivity index (χ2n) is 3.92. The molecule has 0 amide bonds. The fourth-order valence-electron chi connectivity index (χ4n) is 1.96. The average Bonchev–Trinajstić information content (AvgIpc) is 2.13. The van der Waals surface area contributed by atoms with Crippen LogP contribution in [0.2, 0.25) is 0 Å². The SMILES string of the molecule is O=C(O)C1CCC1Cc1ncccc1Br. The smallest absolute Gasteiger partial charge is 0.306 e. The third kappa shape index (κ3) is 2.20. The lowest BCUT2D eigenvalue weighted by atomic mass is 9.71. The second kappa shape index (κ2) is 4.31. The minimum Gasteiger partial charge on any atom is -0.481 e. The van der Waals surface area contributed by atoms with Gasteiger partial charge in [0.25, 0.3) is 0 Å². The molecule has 1 aliphatic carbocycles. The second-order valence-corrected chi connectivity index (χ2v) is 4.77. The van der Waals surface area contributed by atoms with Gasteiger partial charge in [-0.05, 0) is 53.2 Å². The van der Waals surface area contributed by atoms with E-state index in [1.54, 1.807) is 6.20 Å². The van der Waals surface area contributed by atoms with Gasteiger partial charge >= 0.3 is 5.97 Å². The van der Waals surface area contributed by atoms with Gasteiger partial charge in [-0.15, -0.1) is 0 Å². The maximum Gasteiger partial charge on any atom is 0.306 e. The summed E-state index contributed by atoms with van der Waals surface area (Å²) in [6.45, 7) is 0. The highest BCUT2D eigenvalue weighted by Crippen LogP contribution is 2.37. The van der Waals surface area contributed by atoms with Gasteiger partial charge in [0.05, 0.1) is 11.6 Å². The summed E-state index contributed by atoms with van der Waals surface area (Å²) in [5.74, 6) is -0.578. The van der Waals surface area contributed by atoms with Gasteiger partial charge in [0.1, 0.15) is 0 Å². The van der Waals surface area contributed by atoms with Crippen LogP contribution in [-0.2, 0) is 11.2 Å². The van der Waals surface area contributed by atoms with Crippen LogP contribution >= 0.6 is 15.9 Å². The molecule has 0 aliphatic heterocycles. The molecule has 1 saturated carbocycles. The molecule has 1 aromatic heterocycles. The molecule has 1 N–H and O–H groups in total. The van der Waals surface area contributed by atoms with Crippen molar-refractivity contribution >= 4 is 21.9 Å². The Morgan fingerprint density at radius 3 is 2.93 bits per heavy atom. The zero-order valence-corrected chi connectivity index (χ0v) is 9.77. The first-order chi connectivity index (χ1) is 7.18. The van der Waals surface area contributed by atoms with E-state index in [1.165, 1.54) is 0 Å². The normalized spacial score (nSPS) is 24.6. The summed E-state index contributed by atoms with van der Waals surface area (Å²) in [5.41, 5.74) is 0.966. The Morgan fingerprint density at radius 2 is 2.40 bits per heavy atom. The number of nitrogens with zero attached hydrogens (tertiary/aromatic N) is 1. The molecular formula is C11H12BrNO2. The van der Waals surface area contributed by atoms with Gasteiger partial charge in [-0.2, -0.15) is 0 Å². The van der Waals surface area contributed by atoms with E-state index >= 15 is 0 Å². The summed E-state index contributed by atoms with van der Waals surface area (Å²) >= 11 is 3.43. The molecule has 0 bridgehead atoms. The molecular weight excluding hydrogens is 258 g/mol. The van der Waals surface area contributed by atoms with Gasteiger partial charge in [-0.3, -0.25) is 9.78 Å². The molecule has 0 spiro atoms. The van der Waals surface area contributed by atoms with Crippen LogP contribution in [0.15, 0.2) is 22.8 Å². The van der Waals surface area contributed by atoms with Crippen LogP contribution in [0.4, 0.5) is 0 Å². The average molecular weight is 270 g/mol. The minimum absolute atomic E-state index is 0.168. The number of carbonyl (C=O) groups is 1. The van der Waals surface area contributed by atoms with Crippen LogP contribution in [0.1, 0.15) is 18.5 Å². The highest BCUT2D eigenvalue weighted by atomic mass is 79.9. The molecule has 4 heteroatoms. The van der Waals surface area contributed by atoms with Gasteiger partial charge < -0.3 is 5.11 Å². The number of pyridine rings is 1. The van der Waals surface area contributed by atoms with Crippen molar-refractivity contribution in [1.29, 1.82) is 0 Å². The number of carboxylic acids is 1. The van der Waals surface area contributed by atoms with E-state index in [-0.39, 0.29) is 11.8 Å². The number of halogens is 1. The van der Waals surface area contributed by atoms with Gasteiger partial charge in [0.15, 0.2) is 0 Å². The number of aliphatic carboxylic acids is 1. The van der Waals surface area contributed by atoms with E-state index in [9.17, 15) is 4.79 Å². The lowest BCUT2D eigenvalue weighted by molar-refractivity contribution is -0.147. The highest BCUT2D eigenvalue weighted by molar-refractivity contribution is 9.10. The summed E-state index contributed by atoms with van der Waals surface area (Å²) in [4.78, 5) is 15.1. The van der Waals surface area contributed by atoms with Crippen LogP contribution in [0.3, 0.4) is 0 Å². The third-order valence-corrected chi connectivity index (χ3v) is 3.75. The predicted molar refractivity (Wildman–Crippen MR) is 59.5 cm³/mol. The van der Waals surface area contributed by atoms with Crippen molar-refractivity contribution in [3.8, 4) is 0 Å². The largest absolute Gasteiger partial charge is 0.481 e.